The average Bonchev–Trinajstić information content (AvgIpc) is 2.48. The van der Waals surface area contributed by atoms with Crippen LogP contribution >= 0.6 is 0 Å². The normalized spacial score (nSPS) is 11.2. The highest BCUT2D eigenvalue weighted by Gasteiger charge is 2.06. The maximum absolute atomic E-state index is 11.7. The van der Waals surface area contributed by atoms with Gasteiger partial charge >= 0.3 is 0 Å². The molecule has 2 rings (SSSR count). The van der Waals surface area contributed by atoms with Gasteiger partial charge in [-0.3, -0.25) is 4.79 Å². The van der Waals surface area contributed by atoms with E-state index in [9.17, 15) is 4.79 Å². The molecule has 0 unspecified atom stereocenters. The lowest BCUT2D eigenvalue weighted by molar-refractivity contribution is 0.300. The summed E-state index contributed by atoms with van der Waals surface area (Å²) < 4.78 is 0. The van der Waals surface area contributed by atoms with Gasteiger partial charge in [0.05, 0.1) is 28.6 Å². The predicted octanol–water partition coefficient (Wildman–Crippen LogP) is 1.65. The molecule has 0 saturated heterocycles. The average molecular weight is 289 g/mol. The third kappa shape index (κ3) is 3.72. The van der Waals surface area contributed by atoms with Gasteiger partial charge in [0.25, 0.3) is 5.56 Å². The summed E-state index contributed by atoms with van der Waals surface area (Å²) in [4.78, 5) is 20.8. The van der Waals surface area contributed by atoms with E-state index in [1.807, 2.05) is 6.07 Å². The zero-order chi connectivity index (χ0) is 15.2. The molecule has 1 heterocycles. The maximum atomic E-state index is 11.7. The lowest BCUT2D eigenvalue weighted by Gasteiger charge is -2.20. The molecule has 0 bridgehead atoms. The van der Waals surface area contributed by atoms with Crippen molar-refractivity contribution in [3.63, 3.8) is 0 Å². The first-order chi connectivity index (χ1) is 10.2. The number of nitrogens with zero attached hydrogens (tertiary/aromatic N) is 2. The van der Waals surface area contributed by atoms with Crippen molar-refractivity contribution in [2.24, 2.45) is 0 Å². The molecule has 0 amide bonds. The number of hydrogen-bond donors (Lipinski definition) is 3. The van der Waals surface area contributed by atoms with Crippen LogP contribution in [0.3, 0.4) is 0 Å². The van der Waals surface area contributed by atoms with E-state index < -0.39 is 0 Å². The number of H-pyrrole nitrogens is 1. The minimum Gasteiger partial charge on any atom is -0.397 e. The highest BCUT2D eigenvalue weighted by atomic mass is 16.1. The van der Waals surface area contributed by atoms with Crippen LogP contribution < -0.4 is 16.6 Å². The van der Waals surface area contributed by atoms with Crippen molar-refractivity contribution in [3.8, 4) is 0 Å². The number of aromatic amines is 1. The van der Waals surface area contributed by atoms with E-state index in [0.29, 0.717) is 16.6 Å². The van der Waals surface area contributed by atoms with Gasteiger partial charge in [-0.1, -0.05) is 13.8 Å². The first-order valence-electron chi connectivity index (χ1n) is 7.38. The Morgan fingerprint density at radius 3 is 2.86 bits per heavy atom. The van der Waals surface area contributed by atoms with Crippen molar-refractivity contribution in [1.29, 1.82) is 0 Å². The molecule has 4 N–H and O–H groups in total. The molecular weight excluding hydrogens is 266 g/mol. The number of likely N-dealkylation sites (N-methyl/N-ethyl adjacent to an activating group) is 1. The molecule has 21 heavy (non-hydrogen) atoms. The number of aromatic nitrogens is 2. The summed E-state index contributed by atoms with van der Waals surface area (Å²) >= 11 is 0. The molecule has 0 fully saturated rings. The fraction of sp³-hybridized carbons (Fsp3) is 0.467. The Morgan fingerprint density at radius 1 is 1.33 bits per heavy atom. The molecule has 0 radical (unpaired) electrons. The molecule has 0 atom stereocenters. The number of nitrogen functional groups attached to an aromatic ring is 1. The second-order valence-corrected chi connectivity index (χ2v) is 5.05. The summed E-state index contributed by atoms with van der Waals surface area (Å²) in [6.45, 7) is 8.26. The monoisotopic (exact) mass is 289 g/mol. The van der Waals surface area contributed by atoms with Gasteiger partial charge in [-0.15, -0.1) is 0 Å². The Morgan fingerprint density at radius 2 is 2.14 bits per heavy atom. The number of anilines is 2. The van der Waals surface area contributed by atoms with Crippen molar-refractivity contribution in [2.75, 3.05) is 37.2 Å². The number of hydrogen-bond acceptors (Lipinski definition) is 5. The zero-order valence-electron chi connectivity index (χ0n) is 12.6. The third-order valence-corrected chi connectivity index (χ3v) is 3.54. The molecule has 0 spiro atoms. The molecular formula is C15H23N5O. The first-order valence-corrected chi connectivity index (χ1v) is 7.38. The Balaban J connectivity index is 2.08. The van der Waals surface area contributed by atoms with Gasteiger partial charge in [0.15, 0.2) is 0 Å². The molecule has 0 aliphatic heterocycles. The Hall–Kier alpha value is -2.08. The van der Waals surface area contributed by atoms with Crippen LogP contribution in [0.1, 0.15) is 20.3 Å². The van der Waals surface area contributed by atoms with Crippen LogP contribution in [0.25, 0.3) is 10.9 Å². The second kappa shape index (κ2) is 7.08. The molecule has 0 aliphatic rings. The van der Waals surface area contributed by atoms with Crippen molar-refractivity contribution in [1.82, 2.24) is 14.9 Å². The van der Waals surface area contributed by atoms with Crippen LogP contribution in [0.15, 0.2) is 23.3 Å². The molecule has 0 aliphatic carbocycles. The molecule has 1 aromatic heterocycles. The summed E-state index contributed by atoms with van der Waals surface area (Å²) in [6.07, 6.45) is 2.56. The number of benzene rings is 1. The SMILES string of the molecule is CCCN(CC)CCNc1cc2nc[nH]c(=O)c2cc1N. The lowest BCUT2D eigenvalue weighted by atomic mass is 10.2. The van der Waals surface area contributed by atoms with Crippen molar-refractivity contribution in [2.45, 2.75) is 20.3 Å². The fourth-order valence-electron chi connectivity index (χ4n) is 2.38. The maximum Gasteiger partial charge on any atom is 0.258 e. The van der Waals surface area contributed by atoms with E-state index >= 15 is 0 Å². The van der Waals surface area contributed by atoms with Crippen LogP contribution in [0.2, 0.25) is 0 Å². The van der Waals surface area contributed by atoms with Crippen molar-refractivity contribution >= 4 is 22.3 Å². The Labute approximate surface area is 124 Å². The van der Waals surface area contributed by atoms with E-state index in [0.717, 1.165) is 38.3 Å². The summed E-state index contributed by atoms with van der Waals surface area (Å²) in [5.41, 5.74) is 7.88. The Kier molecular flexibility index (Phi) is 5.16. The van der Waals surface area contributed by atoms with Gasteiger partial charge in [-0.25, -0.2) is 4.98 Å². The summed E-state index contributed by atoms with van der Waals surface area (Å²) in [5.74, 6) is 0. The minimum absolute atomic E-state index is 0.168. The highest BCUT2D eigenvalue weighted by molar-refractivity contribution is 5.88. The zero-order valence-corrected chi connectivity index (χ0v) is 12.6. The minimum atomic E-state index is -0.168. The lowest BCUT2D eigenvalue weighted by Crippen LogP contribution is -2.29. The van der Waals surface area contributed by atoms with Crippen LogP contribution in [0.4, 0.5) is 11.4 Å². The van der Waals surface area contributed by atoms with E-state index in [4.69, 9.17) is 5.73 Å². The number of nitrogens with one attached hydrogen (secondary N) is 2. The third-order valence-electron chi connectivity index (χ3n) is 3.54. The van der Waals surface area contributed by atoms with E-state index in [-0.39, 0.29) is 5.56 Å². The molecule has 6 heteroatoms. The van der Waals surface area contributed by atoms with E-state index in [1.165, 1.54) is 6.33 Å². The van der Waals surface area contributed by atoms with Crippen LogP contribution in [0.5, 0.6) is 0 Å². The van der Waals surface area contributed by atoms with Gasteiger partial charge in [0.1, 0.15) is 0 Å². The highest BCUT2D eigenvalue weighted by Crippen LogP contribution is 2.22. The second-order valence-electron chi connectivity index (χ2n) is 5.05. The number of nitrogens with two attached hydrogens (primary N) is 1. The van der Waals surface area contributed by atoms with Crippen LogP contribution in [0, 0.1) is 0 Å². The van der Waals surface area contributed by atoms with E-state index in [2.05, 4.69) is 34.0 Å². The smallest absolute Gasteiger partial charge is 0.258 e. The number of rotatable bonds is 7. The summed E-state index contributed by atoms with van der Waals surface area (Å²) in [5, 5.41) is 3.84. The summed E-state index contributed by atoms with van der Waals surface area (Å²) in [6, 6.07) is 3.50. The molecule has 2 aromatic rings. The van der Waals surface area contributed by atoms with Crippen molar-refractivity contribution in [3.05, 3.63) is 28.8 Å². The quantitative estimate of drug-likeness (QED) is 0.675. The van der Waals surface area contributed by atoms with Crippen LogP contribution in [-0.4, -0.2) is 41.0 Å². The van der Waals surface area contributed by atoms with Crippen LogP contribution in [-0.2, 0) is 0 Å². The largest absolute Gasteiger partial charge is 0.397 e. The number of fused-ring (bicyclic) bond motifs is 1. The fourth-order valence-corrected chi connectivity index (χ4v) is 2.38. The van der Waals surface area contributed by atoms with E-state index in [1.54, 1.807) is 6.07 Å². The molecule has 0 saturated carbocycles. The topological polar surface area (TPSA) is 87.0 Å². The van der Waals surface area contributed by atoms with Gasteiger partial charge in [-0.05, 0) is 31.6 Å². The van der Waals surface area contributed by atoms with Gasteiger partial charge < -0.3 is 20.9 Å². The van der Waals surface area contributed by atoms with Gasteiger partial charge in [0.2, 0.25) is 0 Å². The van der Waals surface area contributed by atoms with Gasteiger partial charge in [-0.2, -0.15) is 0 Å². The van der Waals surface area contributed by atoms with Crippen molar-refractivity contribution < 1.29 is 0 Å². The van der Waals surface area contributed by atoms with Gasteiger partial charge in [0, 0.05) is 13.1 Å². The first kappa shape index (κ1) is 15.3. The Bertz CT molecular complexity index is 652. The summed E-state index contributed by atoms with van der Waals surface area (Å²) in [7, 11) is 0. The molecule has 6 nitrogen and oxygen atoms in total. The standard InChI is InChI=1S/C15H23N5O/c1-3-6-20(4-2)7-5-17-14-9-13-11(8-12(14)16)15(21)19-10-18-13/h8-10,17H,3-7,16H2,1-2H3,(H,18,19,21). The molecule has 114 valence electrons. The molecule has 1 aromatic carbocycles. The predicted molar refractivity (Wildman–Crippen MR) is 87.7 cm³/mol.